The molecule has 2 heterocycles. The van der Waals surface area contributed by atoms with Crippen molar-refractivity contribution < 1.29 is 4.79 Å². The second kappa shape index (κ2) is 7.00. The number of aromatic nitrogens is 2. The Hall–Kier alpha value is -2.14. The lowest BCUT2D eigenvalue weighted by Crippen LogP contribution is -2.49. The number of piperazine rings is 1. The van der Waals surface area contributed by atoms with Gasteiger partial charge in [-0.15, -0.1) is 0 Å². The van der Waals surface area contributed by atoms with Gasteiger partial charge in [0.1, 0.15) is 0 Å². The second-order valence-corrected chi connectivity index (χ2v) is 7.30. The molecule has 5 heteroatoms. The maximum atomic E-state index is 12.7. The molecule has 1 amide bonds. The highest BCUT2D eigenvalue weighted by Gasteiger charge is 2.46. The molecule has 5 nitrogen and oxygen atoms in total. The van der Waals surface area contributed by atoms with Gasteiger partial charge in [-0.1, -0.05) is 30.3 Å². The highest BCUT2D eigenvalue weighted by atomic mass is 16.2. The molecule has 1 aliphatic heterocycles. The number of carbonyl (C=O) groups excluding carboxylic acids is 1. The zero-order chi connectivity index (χ0) is 17.2. The van der Waals surface area contributed by atoms with E-state index in [0.29, 0.717) is 11.8 Å². The number of aryl methyl sites for hydroxylation is 1. The first-order valence-corrected chi connectivity index (χ1v) is 9.24. The van der Waals surface area contributed by atoms with Gasteiger partial charge in [-0.2, -0.15) is 5.10 Å². The summed E-state index contributed by atoms with van der Waals surface area (Å²) < 4.78 is 1.82. The largest absolute Gasteiger partial charge is 0.340 e. The molecule has 0 spiro atoms. The molecule has 1 saturated carbocycles. The van der Waals surface area contributed by atoms with Crippen molar-refractivity contribution in [1.29, 1.82) is 0 Å². The molecule has 4 rings (SSSR count). The summed E-state index contributed by atoms with van der Waals surface area (Å²) in [5, 5.41) is 4.22. The quantitative estimate of drug-likeness (QED) is 0.836. The van der Waals surface area contributed by atoms with Crippen LogP contribution in [0.25, 0.3) is 0 Å². The summed E-state index contributed by atoms with van der Waals surface area (Å²) in [6.07, 6.45) is 6.01. The SMILES string of the molecule is Cn1cc([C@H]2C[C@@H]2C(=O)N2CCN(CCc3ccccc3)CC2)cn1. The summed E-state index contributed by atoms with van der Waals surface area (Å²) >= 11 is 0. The predicted molar refractivity (Wildman–Crippen MR) is 97.2 cm³/mol. The first-order chi connectivity index (χ1) is 12.2. The third-order valence-corrected chi connectivity index (χ3v) is 5.50. The number of hydrogen-bond acceptors (Lipinski definition) is 3. The van der Waals surface area contributed by atoms with Crippen molar-refractivity contribution >= 4 is 5.91 Å². The average Bonchev–Trinajstić information content (AvgIpc) is 3.34. The molecule has 1 aromatic heterocycles. The minimum atomic E-state index is 0.181. The summed E-state index contributed by atoms with van der Waals surface area (Å²) in [5.41, 5.74) is 2.60. The highest BCUT2D eigenvalue weighted by Crippen LogP contribution is 2.48. The Morgan fingerprint density at radius 2 is 1.92 bits per heavy atom. The Morgan fingerprint density at radius 3 is 2.60 bits per heavy atom. The number of hydrogen-bond donors (Lipinski definition) is 0. The maximum absolute atomic E-state index is 12.7. The Morgan fingerprint density at radius 1 is 1.16 bits per heavy atom. The van der Waals surface area contributed by atoms with Crippen LogP contribution < -0.4 is 0 Å². The molecule has 25 heavy (non-hydrogen) atoms. The van der Waals surface area contributed by atoms with Crippen LogP contribution in [0, 0.1) is 5.92 Å². The van der Waals surface area contributed by atoms with Gasteiger partial charge in [0.15, 0.2) is 0 Å². The standard InChI is InChI=1S/C20H26N4O/c1-22-15-17(14-21-22)18-13-19(18)20(25)24-11-9-23(10-12-24)8-7-16-5-3-2-4-6-16/h2-6,14-15,18-19H,7-13H2,1H3/t18-,19+/m1/s1. The van der Waals surface area contributed by atoms with Crippen molar-refractivity contribution in [3.63, 3.8) is 0 Å². The second-order valence-electron chi connectivity index (χ2n) is 7.30. The van der Waals surface area contributed by atoms with Gasteiger partial charge in [-0.3, -0.25) is 14.4 Å². The smallest absolute Gasteiger partial charge is 0.226 e. The van der Waals surface area contributed by atoms with Crippen LogP contribution in [0.3, 0.4) is 0 Å². The number of carbonyl (C=O) groups is 1. The molecule has 2 atom stereocenters. The number of benzene rings is 1. The van der Waals surface area contributed by atoms with Crippen LogP contribution in [0.4, 0.5) is 0 Å². The van der Waals surface area contributed by atoms with Gasteiger partial charge >= 0.3 is 0 Å². The minimum Gasteiger partial charge on any atom is -0.340 e. The van der Waals surface area contributed by atoms with Crippen molar-refractivity contribution in [2.45, 2.75) is 18.8 Å². The molecule has 2 aromatic rings. The van der Waals surface area contributed by atoms with Crippen molar-refractivity contribution in [1.82, 2.24) is 19.6 Å². The molecule has 0 radical (unpaired) electrons. The maximum Gasteiger partial charge on any atom is 0.226 e. The fourth-order valence-electron chi connectivity index (χ4n) is 3.83. The monoisotopic (exact) mass is 338 g/mol. The first-order valence-electron chi connectivity index (χ1n) is 9.24. The summed E-state index contributed by atoms with van der Waals surface area (Å²) in [6, 6.07) is 10.6. The van der Waals surface area contributed by atoms with E-state index in [4.69, 9.17) is 0 Å². The van der Waals surface area contributed by atoms with Crippen LogP contribution in [0.5, 0.6) is 0 Å². The van der Waals surface area contributed by atoms with Crippen LogP contribution in [-0.4, -0.2) is 58.2 Å². The van der Waals surface area contributed by atoms with Crippen LogP contribution in [0.1, 0.15) is 23.5 Å². The Labute approximate surface area is 149 Å². The highest BCUT2D eigenvalue weighted by molar-refractivity contribution is 5.83. The summed E-state index contributed by atoms with van der Waals surface area (Å²) in [6.45, 7) is 4.78. The van der Waals surface area contributed by atoms with E-state index < -0.39 is 0 Å². The summed E-state index contributed by atoms with van der Waals surface area (Å²) in [7, 11) is 1.93. The Kier molecular flexibility index (Phi) is 4.57. The van der Waals surface area contributed by atoms with E-state index in [1.807, 2.05) is 24.1 Å². The van der Waals surface area contributed by atoms with Crippen LogP contribution >= 0.6 is 0 Å². The fraction of sp³-hybridized carbons (Fsp3) is 0.500. The molecular weight excluding hydrogens is 312 g/mol. The van der Waals surface area contributed by atoms with Gasteiger partial charge in [0, 0.05) is 51.9 Å². The van der Waals surface area contributed by atoms with E-state index in [0.717, 1.165) is 45.6 Å². The third kappa shape index (κ3) is 3.76. The first kappa shape index (κ1) is 16.3. The molecule has 132 valence electrons. The Balaban J connectivity index is 1.23. The molecule has 1 aromatic carbocycles. The predicted octanol–water partition coefficient (Wildman–Crippen LogP) is 1.91. The van der Waals surface area contributed by atoms with E-state index in [-0.39, 0.29) is 5.92 Å². The summed E-state index contributed by atoms with van der Waals surface area (Å²) in [5.74, 6) is 0.911. The zero-order valence-corrected chi connectivity index (χ0v) is 14.8. The van der Waals surface area contributed by atoms with E-state index in [1.165, 1.54) is 11.1 Å². The molecule has 2 fully saturated rings. The lowest BCUT2D eigenvalue weighted by atomic mass is 10.1. The van der Waals surface area contributed by atoms with Gasteiger partial charge in [-0.25, -0.2) is 0 Å². The normalized spacial score (nSPS) is 23.6. The van der Waals surface area contributed by atoms with Gasteiger partial charge in [-0.05, 0) is 29.9 Å². The van der Waals surface area contributed by atoms with E-state index in [2.05, 4.69) is 45.2 Å². The number of amides is 1. The Bertz CT molecular complexity index is 718. The summed E-state index contributed by atoms with van der Waals surface area (Å²) in [4.78, 5) is 17.3. The minimum absolute atomic E-state index is 0.181. The van der Waals surface area contributed by atoms with Crippen molar-refractivity contribution in [3.8, 4) is 0 Å². The lowest BCUT2D eigenvalue weighted by molar-refractivity contribution is -0.134. The number of nitrogens with zero attached hydrogens (tertiary/aromatic N) is 4. The van der Waals surface area contributed by atoms with Gasteiger partial charge in [0.25, 0.3) is 0 Å². The zero-order valence-electron chi connectivity index (χ0n) is 14.8. The topological polar surface area (TPSA) is 41.4 Å². The van der Waals surface area contributed by atoms with Crippen molar-refractivity contribution in [2.75, 3.05) is 32.7 Å². The van der Waals surface area contributed by atoms with Crippen molar-refractivity contribution in [3.05, 3.63) is 53.9 Å². The van der Waals surface area contributed by atoms with Crippen molar-refractivity contribution in [2.24, 2.45) is 13.0 Å². The van der Waals surface area contributed by atoms with Crippen LogP contribution in [-0.2, 0) is 18.3 Å². The average molecular weight is 338 g/mol. The molecule has 0 bridgehead atoms. The fourth-order valence-corrected chi connectivity index (χ4v) is 3.83. The van der Waals surface area contributed by atoms with Gasteiger partial charge in [0.05, 0.1) is 6.20 Å². The van der Waals surface area contributed by atoms with Gasteiger partial charge < -0.3 is 4.90 Å². The molecule has 1 aliphatic carbocycles. The van der Waals surface area contributed by atoms with E-state index in [9.17, 15) is 4.79 Å². The van der Waals surface area contributed by atoms with Crippen LogP contribution in [0.15, 0.2) is 42.7 Å². The van der Waals surface area contributed by atoms with Crippen LogP contribution in [0.2, 0.25) is 0 Å². The third-order valence-electron chi connectivity index (χ3n) is 5.50. The lowest BCUT2D eigenvalue weighted by Gasteiger charge is -2.35. The van der Waals surface area contributed by atoms with Gasteiger partial charge in [0.2, 0.25) is 5.91 Å². The number of rotatable bonds is 5. The van der Waals surface area contributed by atoms with E-state index in [1.54, 1.807) is 0 Å². The van der Waals surface area contributed by atoms with E-state index >= 15 is 0 Å². The molecule has 1 saturated heterocycles. The molecule has 0 unspecified atom stereocenters. The molecule has 0 N–H and O–H groups in total. The molecule has 2 aliphatic rings. The molecular formula is C20H26N4O.